The lowest BCUT2D eigenvalue weighted by atomic mass is 10.2. The van der Waals surface area contributed by atoms with Crippen LogP contribution in [0.5, 0.6) is 5.75 Å². The van der Waals surface area contributed by atoms with Gasteiger partial charge in [-0.1, -0.05) is 23.3 Å². The fraction of sp³-hybridized carbons (Fsp3) is 0.0714. The highest BCUT2D eigenvalue weighted by atomic mass is 16.5. The van der Waals surface area contributed by atoms with Crippen LogP contribution in [0.15, 0.2) is 53.6 Å². The third-order valence-corrected chi connectivity index (χ3v) is 2.63. The Balaban J connectivity index is 2.24. The Bertz CT molecular complexity index is 664. The Morgan fingerprint density at radius 3 is 2.65 bits per heavy atom. The molecule has 0 aromatic heterocycles. The highest BCUT2D eigenvalue weighted by Gasteiger charge is 2.07. The number of anilines is 1. The SMILES string of the molecule is COc1ccc(NC(=O)c2ccccc2)cc1N=[N+]=[N-]. The number of methoxy groups -OCH3 is 1. The first-order valence-corrected chi connectivity index (χ1v) is 5.84. The van der Waals surface area contributed by atoms with Crippen LogP contribution in [-0.4, -0.2) is 13.0 Å². The number of nitrogens with zero attached hydrogens (tertiary/aromatic N) is 3. The van der Waals surface area contributed by atoms with Crippen LogP contribution in [0.2, 0.25) is 0 Å². The molecule has 6 nitrogen and oxygen atoms in total. The van der Waals surface area contributed by atoms with E-state index in [1.807, 2.05) is 6.07 Å². The second-order valence-electron chi connectivity index (χ2n) is 3.90. The van der Waals surface area contributed by atoms with Crippen LogP contribution < -0.4 is 10.1 Å². The van der Waals surface area contributed by atoms with E-state index in [4.69, 9.17) is 10.3 Å². The summed E-state index contributed by atoms with van der Waals surface area (Å²) in [7, 11) is 1.48. The lowest BCUT2D eigenvalue weighted by Crippen LogP contribution is -2.11. The molecular formula is C14H12N4O2. The number of ether oxygens (including phenoxy) is 1. The van der Waals surface area contributed by atoms with Gasteiger partial charge >= 0.3 is 0 Å². The molecule has 0 aliphatic carbocycles. The Hall–Kier alpha value is -2.98. The van der Waals surface area contributed by atoms with Gasteiger partial charge in [0.2, 0.25) is 0 Å². The molecule has 0 saturated carbocycles. The molecule has 2 rings (SSSR count). The van der Waals surface area contributed by atoms with Gasteiger partial charge in [-0.15, -0.1) is 0 Å². The molecule has 20 heavy (non-hydrogen) atoms. The van der Waals surface area contributed by atoms with Crippen molar-refractivity contribution in [1.82, 2.24) is 0 Å². The normalized spacial score (nSPS) is 9.45. The smallest absolute Gasteiger partial charge is 0.255 e. The lowest BCUT2D eigenvalue weighted by molar-refractivity contribution is 0.102. The van der Waals surface area contributed by atoms with Crippen LogP contribution in [0.3, 0.4) is 0 Å². The van der Waals surface area contributed by atoms with Crippen molar-refractivity contribution in [3.63, 3.8) is 0 Å². The number of hydrogen-bond donors (Lipinski definition) is 1. The zero-order chi connectivity index (χ0) is 14.4. The molecule has 0 fully saturated rings. The van der Waals surface area contributed by atoms with E-state index in [0.29, 0.717) is 22.7 Å². The van der Waals surface area contributed by atoms with Crippen molar-refractivity contribution < 1.29 is 9.53 Å². The van der Waals surface area contributed by atoms with Crippen molar-refractivity contribution in [3.05, 3.63) is 64.5 Å². The van der Waals surface area contributed by atoms with Crippen LogP contribution >= 0.6 is 0 Å². The molecule has 1 N–H and O–H groups in total. The van der Waals surface area contributed by atoms with E-state index >= 15 is 0 Å². The predicted octanol–water partition coefficient (Wildman–Crippen LogP) is 3.89. The van der Waals surface area contributed by atoms with Crippen molar-refractivity contribution in [2.24, 2.45) is 5.11 Å². The molecule has 2 aromatic carbocycles. The average Bonchev–Trinajstić information content (AvgIpc) is 2.49. The molecule has 0 radical (unpaired) electrons. The van der Waals surface area contributed by atoms with Gasteiger partial charge in [0.25, 0.3) is 5.91 Å². The Morgan fingerprint density at radius 1 is 1.25 bits per heavy atom. The van der Waals surface area contributed by atoms with Crippen LogP contribution in [0.4, 0.5) is 11.4 Å². The van der Waals surface area contributed by atoms with Gasteiger partial charge in [-0.25, -0.2) is 0 Å². The van der Waals surface area contributed by atoms with Gasteiger partial charge in [-0.2, -0.15) is 0 Å². The standard InChI is InChI=1S/C14H12N4O2/c1-20-13-8-7-11(9-12(13)17-18-15)16-14(19)10-5-3-2-4-6-10/h2-9H,1H3,(H,16,19). The highest BCUT2D eigenvalue weighted by Crippen LogP contribution is 2.30. The molecule has 2 aromatic rings. The van der Waals surface area contributed by atoms with Crippen LogP contribution in [0, 0.1) is 0 Å². The average molecular weight is 268 g/mol. The van der Waals surface area contributed by atoms with Crippen molar-refractivity contribution in [2.75, 3.05) is 12.4 Å². The van der Waals surface area contributed by atoms with Crippen molar-refractivity contribution in [2.45, 2.75) is 0 Å². The largest absolute Gasteiger partial charge is 0.496 e. The predicted molar refractivity (Wildman–Crippen MR) is 76.2 cm³/mol. The number of rotatable bonds is 4. The van der Waals surface area contributed by atoms with E-state index in [-0.39, 0.29) is 5.91 Å². The molecule has 0 atom stereocenters. The number of carbonyl (C=O) groups is 1. The summed E-state index contributed by atoms with van der Waals surface area (Å²) in [6.07, 6.45) is 0. The van der Waals surface area contributed by atoms with E-state index in [1.165, 1.54) is 7.11 Å². The van der Waals surface area contributed by atoms with E-state index < -0.39 is 0 Å². The zero-order valence-corrected chi connectivity index (χ0v) is 10.8. The summed E-state index contributed by atoms with van der Waals surface area (Å²) in [5.41, 5.74) is 9.91. The number of carbonyl (C=O) groups excluding carboxylic acids is 1. The number of azide groups is 1. The molecule has 0 heterocycles. The van der Waals surface area contributed by atoms with Gasteiger partial charge in [-0.05, 0) is 35.9 Å². The summed E-state index contributed by atoms with van der Waals surface area (Å²) in [5, 5.41) is 6.25. The summed E-state index contributed by atoms with van der Waals surface area (Å²) < 4.78 is 5.06. The first-order valence-electron chi connectivity index (χ1n) is 5.84. The molecule has 0 spiro atoms. The Labute approximate surface area is 115 Å². The van der Waals surface area contributed by atoms with Crippen molar-refractivity contribution in [1.29, 1.82) is 0 Å². The lowest BCUT2D eigenvalue weighted by Gasteiger charge is -2.08. The molecule has 0 aliphatic heterocycles. The summed E-state index contributed by atoms with van der Waals surface area (Å²) in [6.45, 7) is 0. The number of hydrogen-bond acceptors (Lipinski definition) is 3. The van der Waals surface area contributed by atoms with Gasteiger partial charge in [-0.3, -0.25) is 4.79 Å². The van der Waals surface area contributed by atoms with Crippen molar-refractivity contribution in [3.8, 4) is 5.75 Å². The fourth-order valence-corrected chi connectivity index (χ4v) is 1.69. The third kappa shape index (κ3) is 3.07. The van der Waals surface area contributed by atoms with E-state index in [9.17, 15) is 4.79 Å². The topological polar surface area (TPSA) is 87.1 Å². The summed E-state index contributed by atoms with van der Waals surface area (Å²) >= 11 is 0. The monoisotopic (exact) mass is 268 g/mol. The molecular weight excluding hydrogens is 256 g/mol. The van der Waals surface area contributed by atoms with Crippen LogP contribution in [0.1, 0.15) is 10.4 Å². The molecule has 6 heteroatoms. The summed E-state index contributed by atoms with van der Waals surface area (Å²) in [5.74, 6) is 0.211. The van der Waals surface area contributed by atoms with E-state index in [2.05, 4.69) is 15.3 Å². The molecule has 0 bridgehead atoms. The quantitative estimate of drug-likeness (QED) is 0.518. The van der Waals surface area contributed by atoms with Gasteiger partial charge in [0, 0.05) is 16.2 Å². The first-order chi connectivity index (χ1) is 9.74. The molecule has 100 valence electrons. The van der Waals surface area contributed by atoms with Crippen LogP contribution in [0.25, 0.3) is 10.4 Å². The maximum atomic E-state index is 12.0. The first kappa shape index (κ1) is 13.5. The zero-order valence-electron chi connectivity index (χ0n) is 10.8. The Morgan fingerprint density at radius 2 is 2.00 bits per heavy atom. The Kier molecular flexibility index (Phi) is 4.21. The summed E-state index contributed by atoms with van der Waals surface area (Å²) in [4.78, 5) is 14.7. The van der Waals surface area contributed by atoms with Crippen molar-refractivity contribution >= 4 is 17.3 Å². The maximum absolute atomic E-state index is 12.0. The molecule has 0 aliphatic rings. The fourth-order valence-electron chi connectivity index (χ4n) is 1.69. The van der Waals surface area contributed by atoms with E-state index in [1.54, 1.807) is 42.5 Å². The summed E-state index contributed by atoms with van der Waals surface area (Å²) in [6, 6.07) is 13.7. The maximum Gasteiger partial charge on any atom is 0.255 e. The van der Waals surface area contributed by atoms with Crippen LogP contribution in [-0.2, 0) is 0 Å². The minimum Gasteiger partial charge on any atom is -0.496 e. The second kappa shape index (κ2) is 6.26. The molecule has 0 unspecified atom stereocenters. The third-order valence-electron chi connectivity index (χ3n) is 2.63. The van der Waals surface area contributed by atoms with Gasteiger partial charge < -0.3 is 10.1 Å². The molecule has 1 amide bonds. The molecule has 0 saturated heterocycles. The number of amides is 1. The minimum atomic E-state index is -0.234. The minimum absolute atomic E-state index is 0.234. The highest BCUT2D eigenvalue weighted by molar-refractivity contribution is 6.04. The number of benzene rings is 2. The van der Waals surface area contributed by atoms with Gasteiger partial charge in [0.15, 0.2) is 0 Å². The second-order valence-corrected chi connectivity index (χ2v) is 3.90. The van der Waals surface area contributed by atoms with E-state index in [0.717, 1.165) is 0 Å². The number of nitrogens with one attached hydrogen (secondary N) is 1. The van der Waals surface area contributed by atoms with Gasteiger partial charge in [0.05, 0.1) is 12.8 Å². The van der Waals surface area contributed by atoms with Gasteiger partial charge in [0.1, 0.15) is 5.75 Å².